The summed E-state index contributed by atoms with van der Waals surface area (Å²) in [5.41, 5.74) is 5.19. The monoisotopic (exact) mass is 332 g/mol. The highest BCUT2D eigenvalue weighted by atomic mass is 32.2. The van der Waals surface area contributed by atoms with E-state index in [4.69, 9.17) is 11.1 Å². The lowest BCUT2D eigenvalue weighted by Gasteiger charge is -2.06. The molecule has 0 unspecified atom stereocenters. The van der Waals surface area contributed by atoms with E-state index in [0.717, 1.165) is 23.5 Å². The second-order valence-corrected chi connectivity index (χ2v) is 5.47. The lowest BCUT2D eigenvalue weighted by molar-refractivity contribution is -0.404. The van der Waals surface area contributed by atoms with Crippen molar-refractivity contribution in [3.8, 4) is 0 Å². The van der Waals surface area contributed by atoms with Gasteiger partial charge in [0.2, 0.25) is 5.13 Å². The van der Waals surface area contributed by atoms with Crippen LogP contribution in [-0.4, -0.2) is 39.6 Å². The molecule has 0 aromatic carbocycles. The third-order valence-corrected chi connectivity index (χ3v) is 3.63. The Morgan fingerprint density at radius 1 is 1.67 bits per heavy atom. The summed E-state index contributed by atoms with van der Waals surface area (Å²) < 4.78 is 4.12. The summed E-state index contributed by atoms with van der Waals surface area (Å²) in [5.74, 6) is 2.20. The summed E-state index contributed by atoms with van der Waals surface area (Å²) in [6.45, 7) is 0.577. The van der Waals surface area contributed by atoms with Crippen molar-refractivity contribution < 1.29 is 4.92 Å². The molecule has 0 aliphatic carbocycles. The van der Waals surface area contributed by atoms with E-state index in [2.05, 4.69) is 25.3 Å². The summed E-state index contributed by atoms with van der Waals surface area (Å²) in [6.07, 6.45) is 0.881. The molecule has 1 aromatic rings. The zero-order chi connectivity index (χ0) is 15.7. The summed E-state index contributed by atoms with van der Waals surface area (Å²) in [7, 11) is 1.61. The van der Waals surface area contributed by atoms with Gasteiger partial charge in [0.05, 0.1) is 10.7 Å². The van der Waals surface area contributed by atoms with Crippen molar-refractivity contribution in [2.45, 2.75) is 5.75 Å². The van der Waals surface area contributed by atoms with Gasteiger partial charge in [-0.15, -0.1) is 0 Å². The van der Waals surface area contributed by atoms with Crippen LogP contribution in [0, 0.1) is 15.5 Å². The molecule has 21 heavy (non-hydrogen) atoms. The number of nitrogens with two attached hydrogens (primary N) is 1. The van der Waals surface area contributed by atoms with E-state index in [9.17, 15) is 10.1 Å². The van der Waals surface area contributed by atoms with Gasteiger partial charge < -0.3 is 21.7 Å². The van der Waals surface area contributed by atoms with Crippen LogP contribution in [-0.2, 0) is 5.75 Å². The Hall–Kier alpha value is -2.08. The van der Waals surface area contributed by atoms with Gasteiger partial charge in [-0.1, -0.05) is 0 Å². The van der Waals surface area contributed by atoms with Crippen molar-refractivity contribution >= 4 is 34.4 Å². The molecule has 0 aliphatic rings. The average molecular weight is 332 g/mol. The highest BCUT2D eigenvalue weighted by Gasteiger charge is 2.05. The largest absolute Gasteiger partial charge is 0.370 e. The molecule has 1 heterocycles. The van der Waals surface area contributed by atoms with Crippen molar-refractivity contribution in [2.75, 3.05) is 24.7 Å². The number of nitro groups is 1. The van der Waals surface area contributed by atoms with Crippen LogP contribution < -0.4 is 21.7 Å². The van der Waals surface area contributed by atoms with Crippen LogP contribution in [0.1, 0.15) is 5.82 Å². The third-order valence-electron chi connectivity index (χ3n) is 2.01. The Kier molecular flexibility index (Phi) is 7.25. The molecule has 0 amide bonds. The molecular weight excluding hydrogens is 316 g/mol. The molecule has 12 heteroatoms. The molecule has 6 N–H and O–H groups in total. The smallest absolute Gasteiger partial charge is 0.274 e. The summed E-state index contributed by atoms with van der Waals surface area (Å²) in [5, 5.41) is 26.1. The second-order valence-electron chi connectivity index (χ2n) is 3.61. The molecule has 0 bridgehead atoms. The van der Waals surface area contributed by atoms with Crippen molar-refractivity contribution in [1.82, 2.24) is 20.0 Å². The Labute approximate surface area is 129 Å². The van der Waals surface area contributed by atoms with Gasteiger partial charge in [0.15, 0.2) is 17.6 Å². The van der Waals surface area contributed by atoms with Crippen LogP contribution in [0.4, 0.5) is 5.13 Å². The molecule has 116 valence electrons. The zero-order valence-electron chi connectivity index (χ0n) is 11.3. The van der Waals surface area contributed by atoms with E-state index in [1.807, 2.05) is 0 Å². The Bertz CT molecular complexity index is 518. The number of rotatable bonds is 9. The lowest BCUT2D eigenvalue weighted by atomic mass is 10.6. The first-order valence-corrected chi connectivity index (χ1v) is 7.72. The number of thioether (sulfide) groups is 1. The number of aromatic nitrogens is 2. The van der Waals surface area contributed by atoms with Gasteiger partial charge in [0, 0.05) is 30.9 Å². The number of nitrogens with zero attached hydrogens (tertiary/aromatic N) is 3. The minimum atomic E-state index is -0.519. The first-order valence-electron chi connectivity index (χ1n) is 5.79. The van der Waals surface area contributed by atoms with Crippen molar-refractivity contribution in [3.05, 3.63) is 28.0 Å². The van der Waals surface area contributed by atoms with Gasteiger partial charge in [-0.25, -0.2) is 4.98 Å². The Balaban J connectivity index is 2.23. The SMILES string of the molecule is CNC(=C[N+](=O)[O-])NCCSCc1nsc(NC(=N)N)n1. The number of anilines is 1. The molecule has 0 radical (unpaired) electrons. The molecular formula is C9H16N8O2S2. The maximum Gasteiger partial charge on any atom is 0.274 e. The fraction of sp³-hybridized carbons (Fsp3) is 0.444. The second kappa shape index (κ2) is 8.97. The molecule has 1 aromatic heterocycles. The van der Waals surface area contributed by atoms with Crippen LogP contribution in [0.3, 0.4) is 0 Å². The normalized spacial score (nSPS) is 11.0. The molecule has 0 spiro atoms. The van der Waals surface area contributed by atoms with Crippen molar-refractivity contribution in [2.24, 2.45) is 5.73 Å². The molecule has 1 rings (SSSR count). The summed E-state index contributed by atoms with van der Waals surface area (Å²) >= 11 is 2.73. The minimum Gasteiger partial charge on any atom is -0.370 e. The third kappa shape index (κ3) is 7.31. The van der Waals surface area contributed by atoms with E-state index < -0.39 is 4.92 Å². The fourth-order valence-electron chi connectivity index (χ4n) is 1.20. The highest BCUT2D eigenvalue weighted by molar-refractivity contribution is 7.98. The van der Waals surface area contributed by atoms with E-state index in [0.29, 0.717) is 29.1 Å². The van der Waals surface area contributed by atoms with E-state index >= 15 is 0 Å². The van der Waals surface area contributed by atoms with Crippen molar-refractivity contribution in [3.63, 3.8) is 0 Å². The van der Waals surface area contributed by atoms with Crippen LogP contribution in [0.2, 0.25) is 0 Å². The number of hydrogen-bond acceptors (Lipinski definition) is 9. The number of hydrogen-bond donors (Lipinski definition) is 5. The first-order chi connectivity index (χ1) is 10.0. The molecule has 0 saturated carbocycles. The van der Waals surface area contributed by atoms with E-state index in [1.54, 1.807) is 18.8 Å². The summed E-state index contributed by atoms with van der Waals surface area (Å²) in [4.78, 5) is 14.0. The number of guanidine groups is 1. The van der Waals surface area contributed by atoms with Crippen molar-refractivity contribution in [1.29, 1.82) is 5.41 Å². The lowest BCUT2D eigenvalue weighted by Crippen LogP contribution is -2.26. The zero-order valence-corrected chi connectivity index (χ0v) is 12.9. The number of nitrogens with one attached hydrogen (secondary N) is 4. The van der Waals surface area contributed by atoms with Gasteiger partial charge in [0.1, 0.15) is 0 Å². The predicted molar refractivity (Wildman–Crippen MR) is 83.7 cm³/mol. The Morgan fingerprint density at radius 2 is 2.43 bits per heavy atom. The molecule has 0 aliphatic heterocycles. The topological polar surface area (TPSA) is 155 Å². The highest BCUT2D eigenvalue weighted by Crippen LogP contribution is 2.15. The quantitative estimate of drug-likeness (QED) is 0.138. The van der Waals surface area contributed by atoms with Crippen LogP contribution in [0.15, 0.2) is 12.0 Å². The molecule has 0 atom stereocenters. The first kappa shape index (κ1) is 17.0. The molecule has 0 fully saturated rings. The van der Waals surface area contributed by atoms with E-state index in [1.165, 1.54) is 0 Å². The van der Waals surface area contributed by atoms with Crippen LogP contribution in [0.25, 0.3) is 0 Å². The maximum absolute atomic E-state index is 10.3. The minimum absolute atomic E-state index is 0.174. The van der Waals surface area contributed by atoms with Gasteiger partial charge in [0.25, 0.3) is 6.20 Å². The van der Waals surface area contributed by atoms with Gasteiger partial charge >= 0.3 is 0 Å². The van der Waals surface area contributed by atoms with Crippen LogP contribution in [0.5, 0.6) is 0 Å². The van der Waals surface area contributed by atoms with E-state index in [-0.39, 0.29) is 5.96 Å². The van der Waals surface area contributed by atoms with Gasteiger partial charge in [-0.05, 0) is 0 Å². The van der Waals surface area contributed by atoms with Crippen LogP contribution >= 0.6 is 23.3 Å². The Morgan fingerprint density at radius 3 is 3.05 bits per heavy atom. The van der Waals surface area contributed by atoms with Gasteiger partial charge in [-0.2, -0.15) is 16.1 Å². The average Bonchev–Trinajstić information content (AvgIpc) is 2.83. The standard InChI is InChI=1S/C9H16N8O2S2/c1-12-6(4-17(18)19)13-2-3-20-5-7-14-9(21-16-7)15-8(10)11/h4,12-13H,2-3,5H2,1H3,(H4,10,11,14,15,16). The molecule has 10 nitrogen and oxygen atoms in total. The van der Waals surface area contributed by atoms with Gasteiger partial charge in [-0.3, -0.25) is 15.5 Å². The fourth-order valence-corrected chi connectivity index (χ4v) is 2.59. The summed E-state index contributed by atoms with van der Waals surface area (Å²) in [6, 6.07) is 0. The maximum atomic E-state index is 10.3. The molecule has 0 saturated heterocycles. The predicted octanol–water partition coefficient (Wildman–Crippen LogP) is -0.0387.